The van der Waals surface area contributed by atoms with Gasteiger partial charge in [-0.2, -0.15) is 13.2 Å². The van der Waals surface area contributed by atoms with Crippen LogP contribution < -0.4 is 0 Å². The summed E-state index contributed by atoms with van der Waals surface area (Å²) in [5.41, 5.74) is 0.681. The molecule has 0 aliphatic heterocycles. The molecule has 5 heteroatoms. The first kappa shape index (κ1) is 10.7. The summed E-state index contributed by atoms with van der Waals surface area (Å²) in [6.45, 7) is 0. The second-order valence-corrected chi connectivity index (χ2v) is 3.29. The van der Waals surface area contributed by atoms with Crippen molar-refractivity contribution in [1.29, 1.82) is 0 Å². The normalized spacial score (nSPS) is 11.7. The van der Waals surface area contributed by atoms with E-state index in [4.69, 9.17) is 0 Å². The highest BCUT2D eigenvalue weighted by molar-refractivity contribution is 5.23. The average molecular weight is 227 g/mol. The van der Waals surface area contributed by atoms with Gasteiger partial charge in [0.15, 0.2) is 6.39 Å². The van der Waals surface area contributed by atoms with Gasteiger partial charge in [-0.1, -0.05) is 30.3 Å². The van der Waals surface area contributed by atoms with Gasteiger partial charge in [0.1, 0.15) is 0 Å². The summed E-state index contributed by atoms with van der Waals surface area (Å²) in [6.07, 6.45) is -3.55. The topological polar surface area (TPSA) is 26.0 Å². The molecule has 0 saturated heterocycles. The quantitative estimate of drug-likeness (QED) is 0.786. The third kappa shape index (κ3) is 2.24. The summed E-state index contributed by atoms with van der Waals surface area (Å²) < 4.78 is 41.7. The van der Waals surface area contributed by atoms with Gasteiger partial charge in [0.2, 0.25) is 5.76 Å². The Morgan fingerprint density at radius 1 is 1.12 bits per heavy atom. The van der Waals surface area contributed by atoms with Gasteiger partial charge in [-0.05, 0) is 5.56 Å². The summed E-state index contributed by atoms with van der Waals surface area (Å²) in [5, 5.41) is 0. The third-order valence-corrected chi connectivity index (χ3v) is 2.11. The minimum atomic E-state index is -4.49. The molecule has 0 aliphatic carbocycles. The Hall–Kier alpha value is -1.78. The molecule has 0 bridgehead atoms. The van der Waals surface area contributed by atoms with Gasteiger partial charge in [0, 0.05) is 6.42 Å². The zero-order chi connectivity index (χ0) is 11.6. The molecule has 2 aromatic rings. The fraction of sp³-hybridized carbons (Fsp3) is 0.182. The number of halogens is 3. The van der Waals surface area contributed by atoms with E-state index in [0.717, 1.165) is 12.0 Å². The zero-order valence-corrected chi connectivity index (χ0v) is 8.16. The van der Waals surface area contributed by atoms with Gasteiger partial charge in [-0.3, -0.25) is 0 Å². The van der Waals surface area contributed by atoms with Crippen LogP contribution >= 0.6 is 0 Å². The fourth-order valence-electron chi connectivity index (χ4n) is 1.41. The Labute approximate surface area is 89.7 Å². The third-order valence-electron chi connectivity index (χ3n) is 2.11. The van der Waals surface area contributed by atoms with E-state index in [1.165, 1.54) is 0 Å². The Morgan fingerprint density at radius 2 is 1.81 bits per heavy atom. The van der Waals surface area contributed by atoms with Gasteiger partial charge in [-0.15, -0.1) is 0 Å². The maximum atomic E-state index is 12.5. The van der Waals surface area contributed by atoms with E-state index in [9.17, 15) is 13.2 Å². The second kappa shape index (κ2) is 4.00. The highest BCUT2D eigenvalue weighted by Crippen LogP contribution is 2.32. The van der Waals surface area contributed by atoms with Crippen LogP contribution in [0.15, 0.2) is 41.1 Å². The smallest absolute Gasteiger partial charge is 0.439 e. The highest BCUT2D eigenvalue weighted by Gasteiger charge is 2.38. The number of hydrogen-bond acceptors (Lipinski definition) is 2. The second-order valence-electron chi connectivity index (χ2n) is 3.29. The molecule has 0 unspecified atom stereocenters. The number of benzene rings is 1. The van der Waals surface area contributed by atoms with Crippen LogP contribution in [0.25, 0.3) is 0 Å². The first-order valence-electron chi connectivity index (χ1n) is 4.61. The predicted octanol–water partition coefficient (Wildman–Crippen LogP) is 3.28. The van der Waals surface area contributed by atoms with Crippen LogP contribution in [-0.4, -0.2) is 4.98 Å². The van der Waals surface area contributed by atoms with Gasteiger partial charge in [-0.25, -0.2) is 4.98 Å². The molecule has 2 nitrogen and oxygen atoms in total. The number of oxazole rings is 1. The largest absolute Gasteiger partial charge is 0.451 e. The molecule has 0 atom stereocenters. The van der Waals surface area contributed by atoms with Crippen LogP contribution in [0.2, 0.25) is 0 Å². The molecule has 1 aromatic carbocycles. The molecule has 0 spiro atoms. The van der Waals surface area contributed by atoms with Crippen molar-refractivity contribution in [2.24, 2.45) is 0 Å². The molecule has 16 heavy (non-hydrogen) atoms. The lowest BCUT2D eigenvalue weighted by atomic mass is 10.1. The molecule has 0 amide bonds. The van der Waals surface area contributed by atoms with Crippen molar-refractivity contribution in [2.45, 2.75) is 12.6 Å². The van der Waals surface area contributed by atoms with Crippen molar-refractivity contribution in [3.63, 3.8) is 0 Å². The van der Waals surface area contributed by atoms with Crippen LogP contribution in [0.5, 0.6) is 0 Å². The monoisotopic (exact) mass is 227 g/mol. The van der Waals surface area contributed by atoms with E-state index in [2.05, 4.69) is 9.40 Å². The molecule has 0 aliphatic rings. The van der Waals surface area contributed by atoms with Gasteiger partial charge in [0.05, 0.1) is 5.69 Å². The lowest BCUT2D eigenvalue weighted by Gasteiger charge is -2.04. The lowest BCUT2D eigenvalue weighted by molar-refractivity contribution is -0.153. The van der Waals surface area contributed by atoms with Crippen molar-refractivity contribution in [2.75, 3.05) is 0 Å². The van der Waals surface area contributed by atoms with Gasteiger partial charge < -0.3 is 4.42 Å². The summed E-state index contributed by atoms with van der Waals surface area (Å²) in [4.78, 5) is 3.59. The maximum Gasteiger partial charge on any atom is 0.451 e. The van der Waals surface area contributed by atoms with Crippen LogP contribution in [0.3, 0.4) is 0 Å². The van der Waals surface area contributed by atoms with E-state index in [0.29, 0.717) is 0 Å². The molecule has 2 rings (SSSR count). The van der Waals surface area contributed by atoms with Crippen molar-refractivity contribution >= 4 is 0 Å². The molecular formula is C11H8F3NO. The number of aromatic nitrogens is 1. The lowest BCUT2D eigenvalue weighted by Crippen LogP contribution is -2.07. The zero-order valence-electron chi connectivity index (χ0n) is 8.16. The van der Waals surface area contributed by atoms with E-state index < -0.39 is 11.9 Å². The summed E-state index contributed by atoms with van der Waals surface area (Å²) in [7, 11) is 0. The first-order valence-corrected chi connectivity index (χ1v) is 4.61. The molecule has 1 heterocycles. The van der Waals surface area contributed by atoms with Gasteiger partial charge in [0.25, 0.3) is 0 Å². The van der Waals surface area contributed by atoms with Crippen LogP contribution in [0.4, 0.5) is 13.2 Å². The number of alkyl halides is 3. The summed E-state index contributed by atoms with van der Waals surface area (Å²) in [5.74, 6) is -1.02. The van der Waals surface area contributed by atoms with Gasteiger partial charge >= 0.3 is 6.18 Å². The predicted molar refractivity (Wildman–Crippen MR) is 50.8 cm³/mol. The van der Waals surface area contributed by atoms with E-state index in [1.807, 2.05) is 0 Å². The molecule has 0 saturated carbocycles. The van der Waals surface area contributed by atoms with Crippen LogP contribution in [0, 0.1) is 0 Å². The van der Waals surface area contributed by atoms with E-state index in [-0.39, 0.29) is 12.1 Å². The van der Waals surface area contributed by atoms with Crippen LogP contribution in [-0.2, 0) is 12.6 Å². The number of nitrogens with zero attached hydrogens (tertiary/aromatic N) is 1. The summed E-state index contributed by atoms with van der Waals surface area (Å²) in [6, 6.07) is 8.83. The minimum Gasteiger partial charge on any atom is -0.439 e. The van der Waals surface area contributed by atoms with Crippen LogP contribution in [0.1, 0.15) is 17.0 Å². The SMILES string of the molecule is FC(F)(F)c1ocnc1Cc1ccccc1. The Bertz CT molecular complexity index is 462. The fourth-order valence-corrected chi connectivity index (χ4v) is 1.41. The molecule has 0 N–H and O–H groups in total. The first-order chi connectivity index (χ1) is 7.57. The van der Waals surface area contributed by atoms with Crippen molar-refractivity contribution in [3.8, 4) is 0 Å². The molecule has 84 valence electrons. The standard InChI is InChI=1S/C11H8F3NO/c12-11(13,14)10-9(15-7-16-10)6-8-4-2-1-3-5-8/h1-5,7H,6H2. The molecule has 0 fully saturated rings. The Balaban J connectivity index is 2.26. The van der Waals surface area contributed by atoms with E-state index in [1.54, 1.807) is 30.3 Å². The summed E-state index contributed by atoms with van der Waals surface area (Å²) >= 11 is 0. The maximum absolute atomic E-state index is 12.5. The minimum absolute atomic E-state index is 0.0845. The van der Waals surface area contributed by atoms with Crippen molar-refractivity contribution < 1.29 is 17.6 Å². The Kier molecular flexibility index (Phi) is 2.68. The Morgan fingerprint density at radius 3 is 2.44 bits per heavy atom. The van der Waals surface area contributed by atoms with Crippen molar-refractivity contribution in [1.82, 2.24) is 4.98 Å². The molecular weight excluding hydrogens is 219 g/mol. The average Bonchev–Trinajstić information content (AvgIpc) is 2.67. The van der Waals surface area contributed by atoms with E-state index >= 15 is 0 Å². The highest BCUT2D eigenvalue weighted by atomic mass is 19.4. The number of rotatable bonds is 2. The number of hydrogen-bond donors (Lipinski definition) is 0. The molecule has 1 aromatic heterocycles. The molecule has 0 radical (unpaired) electrons. The van der Waals surface area contributed by atoms with Crippen molar-refractivity contribution in [3.05, 3.63) is 53.7 Å².